The molecule has 0 radical (unpaired) electrons. The van der Waals surface area contributed by atoms with Gasteiger partial charge in [-0.25, -0.2) is 0 Å². The fourth-order valence-electron chi connectivity index (χ4n) is 3.89. The number of nitrogens with one attached hydrogen (secondary N) is 2. The van der Waals surface area contributed by atoms with Crippen molar-refractivity contribution in [1.82, 2.24) is 25.4 Å². The predicted octanol–water partition coefficient (Wildman–Crippen LogP) is 2.95. The molecule has 1 aliphatic rings. The lowest BCUT2D eigenvalue weighted by Crippen LogP contribution is -2.41. The van der Waals surface area contributed by atoms with E-state index in [-0.39, 0.29) is 30.2 Å². The van der Waals surface area contributed by atoms with Gasteiger partial charge in [0.15, 0.2) is 22.5 Å². The second kappa shape index (κ2) is 12.5. The summed E-state index contributed by atoms with van der Waals surface area (Å²) in [5.74, 6) is 2.40. The number of thioether (sulfide) groups is 1. The average molecular weight is 488 g/mol. The molecule has 0 saturated heterocycles. The quantitative estimate of drug-likeness (QED) is 0.392. The number of nitrogens with zero attached hydrogens (tertiary/aromatic N) is 3. The lowest BCUT2D eigenvalue weighted by Gasteiger charge is -2.29. The fourth-order valence-corrected chi connectivity index (χ4v) is 4.63. The van der Waals surface area contributed by atoms with E-state index in [0.717, 1.165) is 12.0 Å². The highest BCUT2D eigenvalue weighted by molar-refractivity contribution is 7.99. The third kappa shape index (κ3) is 6.99. The van der Waals surface area contributed by atoms with Crippen LogP contribution in [0.3, 0.4) is 0 Å². The zero-order chi connectivity index (χ0) is 24.5. The molecule has 0 spiro atoms. The predicted molar refractivity (Wildman–Crippen MR) is 132 cm³/mol. The minimum atomic E-state index is -0.257. The van der Waals surface area contributed by atoms with Gasteiger partial charge in [-0.1, -0.05) is 37.6 Å². The van der Waals surface area contributed by atoms with Crippen LogP contribution in [-0.4, -0.2) is 52.6 Å². The molecule has 1 saturated carbocycles. The number of hydrogen-bond acceptors (Lipinski definition) is 7. The number of methoxy groups -OCH3 is 2. The van der Waals surface area contributed by atoms with Gasteiger partial charge in [0.25, 0.3) is 0 Å². The van der Waals surface area contributed by atoms with Gasteiger partial charge in [-0.05, 0) is 42.5 Å². The molecule has 2 aromatic rings. The normalized spacial score (nSPS) is 18.0. The van der Waals surface area contributed by atoms with E-state index < -0.39 is 0 Å². The Bertz CT molecular complexity index is 1020. The van der Waals surface area contributed by atoms with Gasteiger partial charge in [0.05, 0.1) is 26.5 Å². The molecule has 1 heterocycles. The number of carbonyl (C=O) groups is 2. The molecule has 34 heavy (non-hydrogen) atoms. The molecule has 1 fully saturated rings. The summed E-state index contributed by atoms with van der Waals surface area (Å²) in [6.45, 7) is 2.43. The van der Waals surface area contributed by atoms with Crippen molar-refractivity contribution >= 4 is 29.7 Å². The van der Waals surface area contributed by atoms with Crippen molar-refractivity contribution in [3.63, 3.8) is 0 Å². The van der Waals surface area contributed by atoms with Crippen LogP contribution in [0.1, 0.15) is 44.0 Å². The van der Waals surface area contributed by atoms with Gasteiger partial charge in [-0.15, -0.1) is 10.2 Å². The maximum Gasteiger partial charge on any atom is 0.244 e. The zero-order valence-corrected chi connectivity index (χ0v) is 21.0. The molecular formula is C24H33N5O4S. The van der Waals surface area contributed by atoms with E-state index in [1.165, 1.54) is 37.1 Å². The summed E-state index contributed by atoms with van der Waals surface area (Å²) in [5.41, 5.74) is 0.811. The summed E-state index contributed by atoms with van der Waals surface area (Å²) in [6, 6.07) is 5.67. The molecule has 1 aliphatic carbocycles. The molecular weight excluding hydrogens is 454 g/mol. The first-order valence-electron chi connectivity index (χ1n) is 11.4. The summed E-state index contributed by atoms with van der Waals surface area (Å²) in [6.07, 6.45) is 7.77. The lowest BCUT2D eigenvalue weighted by atomic mass is 9.86. The van der Waals surface area contributed by atoms with Gasteiger partial charge >= 0.3 is 0 Å². The van der Waals surface area contributed by atoms with Crippen LogP contribution in [0.4, 0.5) is 0 Å². The Balaban J connectivity index is 1.47. The third-order valence-electron chi connectivity index (χ3n) is 5.97. The standard InChI is InChI=1S/C24H33N5O4S/c1-16-7-5-6-8-18(16)26-23(31)15-34-24-28-27-21(29(24)2)14-25-22(30)12-10-17-9-11-19(32-3)20(13-17)33-4/h9-13,16,18H,5-8,14-15H2,1-4H3,(H,25,30)(H,26,31)/b12-10+/t16-,18+/m1/s1. The van der Waals surface area contributed by atoms with E-state index in [9.17, 15) is 9.59 Å². The molecule has 10 heteroatoms. The van der Waals surface area contributed by atoms with Crippen molar-refractivity contribution in [2.45, 2.75) is 50.4 Å². The van der Waals surface area contributed by atoms with Gasteiger partial charge in [0.2, 0.25) is 11.8 Å². The Morgan fingerprint density at radius 2 is 1.94 bits per heavy atom. The SMILES string of the molecule is COc1ccc(/C=C/C(=O)NCc2nnc(SCC(=O)N[C@H]3CCCC[C@H]3C)n2C)cc1OC. The molecule has 0 unspecified atom stereocenters. The second-order valence-corrected chi connectivity index (χ2v) is 9.29. The van der Waals surface area contributed by atoms with Gasteiger partial charge in [-0.3, -0.25) is 9.59 Å². The molecule has 9 nitrogen and oxygen atoms in total. The van der Waals surface area contributed by atoms with Crippen LogP contribution in [0.2, 0.25) is 0 Å². The van der Waals surface area contributed by atoms with Crippen molar-refractivity contribution in [2.75, 3.05) is 20.0 Å². The summed E-state index contributed by atoms with van der Waals surface area (Å²) < 4.78 is 12.3. The van der Waals surface area contributed by atoms with Crippen molar-refractivity contribution in [2.24, 2.45) is 13.0 Å². The second-order valence-electron chi connectivity index (χ2n) is 8.35. The maximum atomic E-state index is 12.4. The molecule has 2 atom stereocenters. The number of amides is 2. The van der Waals surface area contributed by atoms with E-state index in [0.29, 0.717) is 28.4 Å². The van der Waals surface area contributed by atoms with Crippen LogP contribution in [0.15, 0.2) is 29.4 Å². The number of ether oxygens (including phenoxy) is 2. The zero-order valence-electron chi connectivity index (χ0n) is 20.2. The molecule has 3 rings (SSSR count). The Kier molecular flexibility index (Phi) is 9.38. The molecule has 2 N–H and O–H groups in total. The summed E-state index contributed by atoms with van der Waals surface area (Å²) in [7, 11) is 4.96. The Hall–Kier alpha value is -3.01. The van der Waals surface area contributed by atoms with Gasteiger partial charge in [0, 0.05) is 19.2 Å². The molecule has 1 aromatic heterocycles. The summed E-state index contributed by atoms with van der Waals surface area (Å²) in [4.78, 5) is 24.6. The first-order chi connectivity index (χ1) is 16.4. The van der Waals surface area contributed by atoms with Crippen LogP contribution < -0.4 is 20.1 Å². The van der Waals surface area contributed by atoms with Crippen molar-refractivity contribution in [3.05, 3.63) is 35.7 Å². The third-order valence-corrected chi connectivity index (χ3v) is 6.99. The smallest absolute Gasteiger partial charge is 0.244 e. The Labute approximate surface area is 204 Å². The van der Waals surface area contributed by atoms with Gasteiger partial charge < -0.3 is 24.7 Å². The number of carbonyl (C=O) groups excluding carboxylic acids is 2. The van der Waals surface area contributed by atoms with Crippen molar-refractivity contribution < 1.29 is 19.1 Å². The molecule has 0 bridgehead atoms. The average Bonchev–Trinajstić information content (AvgIpc) is 3.20. The monoisotopic (exact) mass is 487 g/mol. The number of rotatable bonds is 10. The van der Waals surface area contributed by atoms with Crippen LogP contribution in [-0.2, 0) is 23.2 Å². The molecule has 1 aromatic carbocycles. The summed E-state index contributed by atoms with van der Waals surface area (Å²) >= 11 is 1.34. The Morgan fingerprint density at radius 3 is 2.68 bits per heavy atom. The van der Waals surface area contributed by atoms with E-state index in [4.69, 9.17) is 9.47 Å². The topological polar surface area (TPSA) is 107 Å². The first-order valence-corrected chi connectivity index (χ1v) is 12.4. The van der Waals surface area contributed by atoms with E-state index in [2.05, 4.69) is 27.8 Å². The van der Waals surface area contributed by atoms with Crippen LogP contribution in [0.25, 0.3) is 6.08 Å². The van der Waals surface area contributed by atoms with E-state index in [1.54, 1.807) is 37.0 Å². The summed E-state index contributed by atoms with van der Waals surface area (Å²) in [5, 5.41) is 14.9. The Morgan fingerprint density at radius 1 is 1.18 bits per heavy atom. The molecule has 184 valence electrons. The minimum Gasteiger partial charge on any atom is -0.493 e. The largest absolute Gasteiger partial charge is 0.493 e. The number of aromatic nitrogens is 3. The van der Waals surface area contributed by atoms with Crippen LogP contribution in [0.5, 0.6) is 11.5 Å². The van der Waals surface area contributed by atoms with Crippen LogP contribution >= 0.6 is 11.8 Å². The van der Waals surface area contributed by atoms with Crippen LogP contribution in [0, 0.1) is 5.92 Å². The lowest BCUT2D eigenvalue weighted by molar-refractivity contribution is -0.120. The van der Waals surface area contributed by atoms with E-state index in [1.807, 2.05) is 13.1 Å². The first kappa shape index (κ1) is 25.6. The van der Waals surface area contributed by atoms with Crippen molar-refractivity contribution in [1.29, 1.82) is 0 Å². The number of hydrogen-bond donors (Lipinski definition) is 2. The number of benzene rings is 1. The molecule has 2 amide bonds. The van der Waals surface area contributed by atoms with Gasteiger partial charge in [0.1, 0.15) is 0 Å². The molecule has 0 aliphatic heterocycles. The highest BCUT2D eigenvalue weighted by atomic mass is 32.2. The highest BCUT2D eigenvalue weighted by Crippen LogP contribution is 2.28. The van der Waals surface area contributed by atoms with E-state index >= 15 is 0 Å². The van der Waals surface area contributed by atoms with Gasteiger partial charge in [-0.2, -0.15) is 0 Å². The van der Waals surface area contributed by atoms with Crippen molar-refractivity contribution in [3.8, 4) is 11.5 Å². The maximum absolute atomic E-state index is 12.4. The minimum absolute atomic E-state index is 0.0157. The highest BCUT2D eigenvalue weighted by Gasteiger charge is 2.23. The fraction of sp³-hybridized carbons (Fsp3) is 0.500.